The Morgan fingerprint density at radius 1 is 1.13 bits per heavy atom. The van der Waals surface area contributed by atoms with Crippen LogP contribution >= 0.6 is 0 Å². The summed E-state index contributed by atoms with van der Waals surface area (Å²) in [6.07, 6.45) is 1.84. The largest absolute Gasteiger partial charge is 0.497 e. The van der Waals surface area contributed by atoms with Gasteiger partial charge in [-0.1, -0.05) is 31.2 Å². The van der Waals surface area contributed by atoms with Gasteiger partial charge >= 0.3 is 5.97 Å². The molecular weight excluding hydrogens is 596 g/mol. The third-order valence-electron chi connectivity index (χ3n) is 7.87. The number of fused-ring (bicyclic) bond motifs is 2. The first kappa shape index (κ1) is 35.2. The quantitative estimate of drug-likeness (QED) is 0.197. The van der Waals surface area contributed by atoms with Crippen LogP contribution in [0.25, 0.3) is 6.08 Å². The molecule has 46 heavy (non-hydrogen) atoms. The first-order valence-corrected chi connectivity index (χ1v) is 15.0. The van der Waals surface area contributed by atoms with Crippen molar-refractivity contribution in [2.75, 3.05) is 33.0 Å². The number of amides is 1. The van der Waals surface area contributed by atoms with Crippen molar-refractivity contribution in [2.45, 2.75) is 70.9 Å². The number of anilines is 1. The van der Waals surface area contributed by atoms with Crippen LogP contribution in [0.1, 0.15) is 55.6 Å². The zero-order valence-corrected chi connectivity index (χ0v) is 27.3. The van der Waals surface area contributed by atoms with Gasteiger partial charge in [0.05, 0.1) is 19.8 Å². The van der Waals surface area contributed by atoms with E-state index in [4.69, 9.17) is 41.0 Å². The Hall–Kier alpha value is -3.71. The fourth-order valence-electron chi connectivity index (χ4n) is 5.22. The minimum Gasteiger partial charge on any atom is -0.497 e. The molecule has 246 valence electrons. The highest BCUT2D eigenvalue weighted by Gasteiger charge is 2.47. The Kier molecular flexibility index (Phi) is 11.7. The van der Waals surface area contributed by atoms with Crippen molar-refractivity contribution in [2.24, 2.45) is 5.92 Å². The number of nitrogens with zero attached hydrogens (tertiary/aromatic N) is 1. The van der Waals surface area contributed by atoms with E-state index in [1.807, 2.05) is 12.1 Å². The first-order chi connectivity index (χ1) is 21.8. The number of benzene rings is 2. The van der Waals surface area contributed by atoms with Crippen LogP contribution in [0.3, 0.4) is 0 Å². The monoisotopic (exact) mass is 637 g/mol. The fourth-order valence-corrected chi connectivity index (χ4v) is 5.22. The minimum atomic E-state index is -1.12. The third-order valence-corrected chi connectivity index (χ3v) is 7.87. The molecule has 1 saturated heterocycles. The number of carbonyl (C=O) groups is 2. The van der Waals surface area contributed by atoms with Gasteiger partial charge in [0.15, 0.2) is 18.4 Å². The SMILES string of the molecule is [B]C(=O)N(C)c1cc2c(c(OCOC)c1)C(=O)O[C@@H](C)[C@H](C)C=C(F)[C@@H](OCc1ccc(OC)cc1)[C@H]1OC(C)(C)O[C@H]1CC=C2. The summed E-state index contributed by atoms with van der Waals surface area (Å²) in [5, 5.41) is 0. The highest BCUT2D eigenvalue weighted by molar-refractivity contribution is 6.60. The van der Waals surface area contributed by atoms with Crippen molar-refractivity contribution in [1.29, 1.82) is 0 Å². The van der Waals surface area contributed by atoms with Gasteiger partial charge < -0.3 is 38.1 Å². The first-order valence-electron chi connectivity index (χ1n) is 15.0. The molecule has 2 aromatic rings. The molecule has 1 fully saturated rings. The number of hydrogen-bond acceptors (Lipinski definition) is 9. The summed E-state index contributed by atoms with van der Waals surface area (Å²) in [6.45, 7) is 6.87. The number of esters is 1. The Labute approximate surface area is 270 Å². The van der Waals surface area contributed by atoms with Crippen LogP contribution in [-0.2, 0) is 30.3 Å². The summed E-state index contributed by atoms with van der Waals surface area (Å²) in [5.41, 5.74) is 1.71. The molecule has 2 aliphatic heterocycles. The molecule has 0 N–H and O–H groups in total. The van der Waals surface area contributed by atoms with Gasteiger partial charge in [-0.25, -0.2) is 9.18 Å². The summed E-state index contributed by atoms with van der Waals surface area (Å²) in [4.78, 5) is 26.9. The molecule has 0 unspecified atom stereocenters. The van der Waals surface area contributed by atoms with Gasteiger partial charge in [-0.15, -0.1) is 0 Å². The van der Waals surface area contributed by atoms with Crippen LogP contribution in [0.2, 0.25) is 0 Å². The molecule has 5 atom stereocenters. The number of cyclic esters (lactones) is 1. The normalized spacial score (nSPS) is 24.6. The lowest BCUT2D eigenvalue weighted by molar-refractivity contribution is -0.158. The Bertz CT molecular complexity index is 1440. The van der Waals surface area contributed by atoms with Crippen LogP contribution in [0.4, 0.5) is 14.9 Å². The summed E-state index contributed by atoms with van der Waals surface area (Å²) >= 11 is 0. The lowest BCUT2D eigenvalue weighted by atomic mass is 9.97. The molecule has 0 aromatic heterocycles. The smallest absolute Gasteiger partial charge is 0.342 e. The molecule has 12 heteroatoms. The van der Waals surface area contributed by atoms with Gasteiger partial charge in [0, 0.05) is 31.8 Å². The van der Waals surface area contributed by atoms with Gasteiger partial charge in [-0.2, -0.15) is 0 Å². The van der Waals surface area contributed by atoms with E-state index in [0.717, 1.165) is 5.56 Å². The number of methoxy groups -OCH3 is 2. The average Bonchev–Trinajstić information content (AvgIpc) is 3.32. The summed E-state index contributed by atoms with van der Waals surface area (Å²) < 4.78 is 56.8. The number of ether oxygens (including phenoxy) is 7. The second-order valence-electron chi connectivity index (χ2n) is 11.7. The van der Waals surface area contributed by atoms with Gasteiger partial charge in [0.25, 0.3) is 0 Å². The van der Waals surface area contributed by atoms with E-state index >= 15 is 4.39 Å². The number of hydrogen-bond donors (Lipinski definition) is 0. The molecule has 2 radical (unpaired) electrons. The van der Waals surface area contributed by atoms with Crippen LogP contribution in [-0.4, -0.2) is 77.9 Å². The lowest BCUT2D eigenvalue weighted by Gasteiger charge is -2.27. The highest BCUT2D eigenvalue weighted by Crippen LogP contribution is 2.37. The molecule has 0 aliphatic carbocycles. The molecule has 10 nitrogen and oxygen atoms in total. The van der Waals surface area contributed by atoms with Gasteiger partial charge in [-0.05, 0) is 62.6 Å². The second-order valence-corrected chi connectivity index (χ2v) is 11.7. The maximum absolute atomic E-state index is 16.2. The predicted octanol–water partition coefficient (Wildman–Crippen LogP) is 5.96. The van der Waals surface area contributed by atoms with Gasteiger partial charge in [0.1, 0.15) is 41.2 Å². The van der Waals surface area contributed by atoms with Gasteiger partial charge in [0.2, 0.25) is 7.85 Å². The maximum atomic E-state index is 16.2. The van der Waals surface area contributed by atoms with E-state index in [-0.39, 0.29) is 31.1 Å². The highest BCUT2D eigenvalue weighted by atomic mass is 19.1. The van der Waals surface area contributed by atoms with E-state index in [1.54, 1.807) is 65.2 Å². The summed E-state index contributed by atoms with van der Waals surface area (Å²) in [7, 11) is 10.1. The Morgan fingerprint density at radius 3 is 2.50 bits per heavy atom. The minimum absolute atomic E-state index is 0.103. The Morgan fingerprint density at radius 2 is 1.85 bits per heavy atom. The zero-order chi connectivity index (χ0) is 33.6. The number of carbonyl (C=O) groups excluding carboxylic acids is 2. The average molecular weight is 638 g/mol. The lowest BCUT2D eigenvalue weighted by Crippen LogP contribution is -2.38. The maximum Gasteiger partial charge on any atom is 0.342 e. The standard InChI is InChI=1S/C34H41BFNO9/c1-20-15-26(36)30(42-18-22-11-13-25(41-7)14-12-22)31-27(45-34(3,4)46-31)10-8-9-23-16-24(37(5)33(35)39)17-28(43-19-40-6)29(23)32(38)44-21(20)2/h8-9,11-17,20-21,27,30-31H,10,18-19H2,1-7H3/t20-,21+,27+,30-,31+/m1/s1. The van der Waals surface area contributed by atoms with E-state index in [9.17, 15) is 9.59 Å². The van der Waals surface area contributed by atoms with Gasteiger partial charge in [-0.3, -0.25) is 4.79 Å². The molecular formula is C34H41BFNO9. The van der Waals surface area contributed by atoms with Crippen molar-refractivity contribution in [3.05, 3.63) is 71.1 Å². The third kappa shape index (κ3) is 8.55. The van der Waals surface area contributed by atoms with E-state index in [0.29, 0.717) is 17.0 Å². The number of halogens is 1. The van der Waals surface area contributed by atoms with E-state index < -0.39 is 53.7 Å². The van der Waals surface area contributed by atoms with Crippen LogP contribution in [0, 0.1) is 5.92 Å². The fraction of sp³-hybridized carbons (Fsp3) is 0.471. The van der Waals surface area contributed by atoms with Crippen LogP contribution < -0.4 is 14.4 Å². The summed E-state index contributed by atoms with van der Waals surface area (Å²) in [5.74, 6) is -2.73. The van der Waals surface area contributed by atoms with Crippen molar-refractivity contribution in [3.8, 4) is 11.5 Å². The van der Waals surface area contributed by atoms with Crippen LogP contribution in [0.5, 0.6) is 11.5 Å². The topological polar surface area (TPSA) is 102 Å². The molecule has 0 saturated carbocycles. The molecule has 2 heterocycles. The van der Waals surface area contributed by atoms with Crippen molar-refractivity contribution >= 4 is 31.4 Å². The number of rotatable bonds is 8. The van der Waals surface area contributed by atoms with Crippen molar-refractivity contribution in [3.63, 3.8) is 0 Å². The second kappa shape index (κ2) is 15.3. The van der Waals surface area contributed by atoms with E-state index in [2.05, 4.69) is 0 Å². The molecule has 4 rings (SSSR count). The van der Waals surface area contributed by atoms with Crippen molar-refractivity contribution in [1.82, 2.24) is 0 Å². The molecule has 2 aromatic carbocycles. The predicted molar refractivity (Wildman–Crippen MR) is 171 cm³/mol. The van der Waals surface area contributed by atoms with Crippen molar-refractivity contribution < 1.29 is 47.1 Å². The van der Waals surface area contributed by atoms with E-state index in [1.165, 1.54) is 31.2 Å². The zero-order valence-electron chi connectivity index (χ0n) is 27.3. The molecule has 2 aliphatic rings. The molecule has 0 spiro atoms. The Balaban J connectivity index is 1.77. The summed E-state index contributed by atoms with van der Waals surface area (Å²) in [6, 6.07) is 10.4. The molecule has 1 amide bonds. The molecule has 0 bridgehead atoms. The van der Waals surface area contributed by atoms with Crippen LogP contribution in [0.15, 0.2) is 54.4 Å².